The van der Waals surface area contributed by atoms with Gasteiger partial charge in [-0.3, -0.25) is 4.79 Å². The summed E-state index contributed by atoms with van der Waals surface area (Å²) in [5, 5.41) is 10.0. The van der Waals surface area contributed by atoms with Gasteiger partial charge in [-0.25, -0.2) is 0 Å². The Balaban J connectivity index is 1.16. The molecule has 164 valence electrons. The Morgan fingerprint density at radius 1 is 0.812 bits per heavy atom. The third-order valence-corrected chi connectivity index (χ3v) is 8.42. The van der Waals surface area contributed by atoms with Gasteiger partial charge in [-0.05, 0) is 85.6 Å². The summed E-state index contributed by atoms with van der Waals surface area (Å²) in [5.41, 5.74) is 4.81. The molecular formula is C27H29N3O2. The molecule has 8 rings (SSSR count). The standard InChI is InChI=1S/C27H29N3O2/c31-27-24-23(14-28-27)29-21-3-1-2-4-22(21)30-25(24)17-5-7-20(8-6-17)32-26-18-10-15-9-16(12-18)13-19(26)11-15/h1-8,15-16,18-19,25-26,29-30H,9-14H2,(H,28,31). The number of anilines is 2. The van der Waals surface area contributed by atoms with E-state index in [1.807, 2.05) is 18.2 Å². The van der Waals surface area contributed by atoms with E-state index in [2.05, 4.69) is 46.3 Å². The van der Waals surface area contributed by atoms with Crippen LogP contribution in [0.3, 0.4) is 0 Å². The molecule has 4 saturated carbocycles. The molecule has 3 N–H and O–H groups in total. The van der Waals surface area contributed by atoms with Crippen molar-refractivity contribution in [1.29, 1.82) is 0 Å². The fourth-order valence-electron chi connectivity index (χ4n) is 7.23. The first-order valence-corrected chi connectivity index (χ1v) is 12.1. The molecule has 4 fully saturated rings. The molecule has 32 heavy (non-hydrogen) atoms. The van der Waals surface area contributed by atoms with Gasteiger partial charge in [0.25, 0.3) is 5.91 Å². The van der Waals surface area contributed by atoms with E-state index >= 15 is 0 Å². The average Bonchev–Trinajstić information content (AvgIpc) is 3.06. The Morgan fingerprint density at radius 3 is 2.22 bits per heavy atom. The molecule has 2 heterocycles. The number of carbonyl (C=O) groups is 1. The van der Waals surface area contributed by atoms with Crippen molar-refractivity contribution < 1.29 is 9.53 Å². The van der Waals surface area contributed by atoms with Gasteiger partial charge in [0.15, 0.2) is 0 Å². The molecule has 5 nitrogen and oxygen atoms in total. The van der Waals surface area contributed by atoms with Crippen molar-refractivity contribution in [2.45, 2.75) is 44.2 Å². The van der Waals surface area contributed by atoms with Crippen LogP contribution in [0.1, 0.15) is 43.7 Å². The van der Waals surface area contributed by atoms with Gasteiger partial charge in [0.2, 0.25) is 0 Å². The number of fused-ring (bicyclic) bond motifs is 1. The highest BCUT2D eigenvalue weighted by Crippen LogP contribution is 2.54. The number of hydrogen-bond acceptors (Lipinski definition) is 4. The Kier molecular flexibility index (Phi) is 4.08. The molecule has 2 aromatic rings. The normalized spacial score (nSPS) is 34.2. The molecule has 1 atom stereocenters. The minimum Gasteiger partial charge on any atom is -0.490 e. The largest absolute Gasteiger partial charge is 0.490 e. The van der Waals surface area contributed by atoms with Crippen molar-refractivity contribution in [2.75, 3.05) is 17.2 Å². The molecule has 2 aliphatic heterocycles. The molecule has 1 unspecified atom stereocenters. The Bertz CT molecular complexity index is 1080. The number of nitrogens with one attached hydrogen (secondary N) is 3. The SMILES string of the molecule is O=C1NCC2=C1C(c1ccc(OC3C4CC5CC(C4)CC3C5)cc1)Nc1ccccc1N2. The Morgan fingerprint density at radius 2 is 1.50 bits per heavy atom. The van der Waals surface area contributed by atoms with Crippen LogP contribution < -0.4 is 20.7 Å². The smallest absolute Gasteiger partial charge is 0.251 e. The first-order valence-electron chi connectivity index (χ1n) is 12.1. The Labute approximate surface area is 188 Å². The highest BCUT2D eigenvalue weighted by molar-refractivity contribution is 6.00. The van der Waals surface area contributed by atoms with Crippen LogP contribution in [-0.4, -0.2) is 18.6 Å². The molecule has 6 aliphatic rings. The van der Waals surface area contributed by atoms with E-state index in [-0.39, 0.29) is 11.9 Å². The predicted octanol–water partition coefficient (Wildman–Crippen LogP) is 4.85. The van der Waals surface area contributed by atoms with Crippen LogP contribution in [0.5, 0.6) is 5.75 Å². The minimum absolute atomic E-state index is 0.00766. The van der Waals surface area contributed by atoms with Gasteiger partial charge < -0.3 is 20.7 Å². The number of carbonyl (C=O) groups excluding carboxylic acids is 1. The van der Waals surface area contributed by atoms with Crippen molar-refractivity contribution in [3.8, 4) is 5.75 Å². The van der Waals surface area contributed by atoms with Gasteiger partial charge in [0.1, 0.15) is 11.9 Å². The van der Waals surface area contributed by atoms with Crippen LogP contribution in [0.15, 0.2) is 59.8 Å². The lowest BCUT2D eigenvalue weighted by atomic mass is 9.55. The van der Waals surface area contributed by atoms with E-state index in [0.29, 0.717) is 12.6 Å². The molecular weight excluding hydrogens is 398 g/mol. The maximum absolute atomic E-state index is 12.7. The first kappa shape index (κ1) is 18.6. The molecule has 0 aromatic heterocycles. The minimum atomic E-state index is -0.195. The van der Waals surface area contributed by atoms with E-state index in [1.165, 1.54) is 32.1 Å². The molecule has 0 radical (unpaired) electrons. The second kappa shape index (κ2) is 7.03. The lowest BCUT2D eigenvalue weighted by molar-refractivity contribution is -0.116. The number of para-hydroxylation sites is 2. The third-order valence-electron chi connectivity index (χ3n) is 8.42. The predicted molar refractivity (Wildman–Crippen MR) is 124 cm³/mol. The van der Waals surface area contributed by atoms with Crippen LogP contribution in [0.2, 0.25) is 0 Å². The second-order valence-corrected chi connectivity index (χ2v) is 10.4. The lowest BCUT2D eigenvalue weighted by Gasteiger charge is -2.53. The average molecular weight is 428 g/mol. The van der Waals surface area contributed by atoms with Gasteiger partial charge in [-0.1, -0.05) is 24.3 Å². The first-order chi connectivity index (χ1) is 15.7. The van der Waals surface area contributed by atoms with E-state index in [9.17, 15) is 4.79 Å². The van der Waals surface area contributed by atoms with Crippen molar-refractivity contribution in [3.05, 3.63) is 65.4 Å². The lowest BCUT2D eigenvalue weighted by Crippen LogP contribution is -2.50. The molecule has 5 heteroatoms. The van der Waals surface area contributed by atoms with Crippen LogP contribution in [0, 0.1) is 23.7 Å². The fraction of sp³-hybridized carbons (Fsp3) is 0.444. The van der Waals surface area contributed by atoms with Crippen LogP contribution in [0.4, 0.5) is 11.4 Å². The van der Waals surface area contributed by atoms with Gasteiger partial charge in [0.05, 0.1) is 29.5 Å². The maximum atomic E-state index is 12.7. The summed E-state index contributed by atoms with van der Waals surface area (Å²) < 4.78 is 6.60. The fourth-order valence-corrected chi connectivity index (χ4v) is 7.23. The summed E-state index contributed by atoms with van der Waals surface area (Å²) in [7, 11) is 0. The quantitative estimate of drug-likeness (QED) is 0.655. The van der Waals surface area contributed by atoms with Crippen LogP contribution >= 0.6 is 0 Å². The number of benzene rings is 2. The van der Waals surface area contributed by atoms with E-state index in [0.717, 1.165) is 57.6 Å². The zero-order valence-electron chi connectivity index (χ0n) is 18.1. The number of hydrogen-bond donors (Lipinski definition) is 3. The van der Waals surface area contributed by atoms with Gasteiger partial charge >= 0.3 is 0 Å². The summed E-state index contributed by atoms with van der Waals surface area (Å²) in [4.78, 5) is 12.7. The number of ether oxygens (including phenoxy) is 1. The van der Waals surface area contributed by atoms with E-state index < -0.39 is 0 Å². The monoisotopic (exact) mass is 427 g/mol. The zero-order valence-corrected chi connectivity index (χ0v) is 18.1. The zero-order chi connectivity index (χ0) is 21.2. The van der Waals surface area contributed by atoms with Gasteiger partial charge in [0, 0.05) is 5.70 Å². The van der Waals surface area contributed by atoms with Crippen molar-refractivity contribution in [1.82, 2.24) is 5.32 Å². The summed E-state index contributed by atoms with van der Waals surface area (Å²) in [5.74, 6) is 4.35. The third kappa shape index (κ3) is 2.94. The van der Waals surface area contributed by atoms with Crippen molar-refractivity contribution >= 4 is 17.3 Å². The van der Waals surface area contributed by atoms with Gasteiger partial charge in [-0.15, -0.1) is 0 Å². The van der Waals surface area contributed by atoms with E-state index in [1.54, 1.807) is 0 Å². The molecule has 0 saturated heterocycles. The van der Waals surface area contributed by atoms with Crippen LogP contribution in [-0.2, 0) is 4.79 Å². The molecule has 4 aliphatic carbocycles. The highest BCUT2D eigenvalue weighted by Gasteiger charge is 2.49. The molecule has 4 bridgehead atoms. The molecule has 0 spiro atoms. The highest BCUT2D eigenvalue weighted by atomic mass is 16.5. The van der Waals surface area contributed by atoms with Crippen LogP contribution in [0.25, 0.3) is 0 Å². The molecule has 1 amide bonds. The summed E-state index contributed by atoms with van der Waals surface area (Å²) >= 11 is 0. The van der Waals surface area contributed by atoms with Gasteiger partial charge in [-0.2, -0.15) is 0 Å². The number of amides is 1. The van der Waals surface area contributed by atoms with Crippen molar-refractivity contribution in [2.24, 2.45) is 23.7 Å². The maximum Gasteiger partial charge on any atom is 0.251 e. The van der Waals surface area contributed by atoms with Crippen molar-refractivity contribution in [3.63, 3.8) is 0 Å². The summed E-state index contributed by atoms with van der Waals surface area (Å²) in [6, 6.07) is 16.4. The topological polar surface area (TPSA) is 62.4 Å². The second-order valence-electron chi connectivity index (χ2n) is 10.4. The number of rotatable bonds is 3. The summed E-state index contributed by atoms with van der Waals surface area (Å²) in [6.45, 7) is 0.536. The Hall–Kier alpha value is -2.95. The van der Waals surface area contributed by atoms with E-state index in [4.69, 9.17) is 4.74 Å². The summed E-state index contributed by atoms with van der Waals surface area (Å²) in [6.07, 6.45) is 7.29. The molecule has 2 aromatic carbocycles.